The van der Waals surface area contributed by atoms with E-state index < -0.39 is 39.7 Å². The molecule has 0 spiro atoms. The second kappa shape index (κ2) is 34.7. The molecule has 0 nitrogen and oxygen atoms in total. The van der Waals surface area contributed by atoms with Crippen molar-refractivity contribution in [1.29, 1.82) is 0 Å². The average Bonchev–Trinajstić information content (AvgIpc) is 3.06. The van der Waals surface area contributed by atoms with Crippen LogP contribution in [-0.4, -0.2) is 39.7 Å². The van der Waals surface area contributed by atoms with E-state index in [1.807, 2.05) is 83.1 Å². The summed E-state index contributed by atoms with van der Waals surface area (Å²) >= 11 is 0. The number of halogens is 7. The molecular formula is C56H121F7. The lowest BCUT2D eigenvalue weighted by molar-refractivity contribution is -0.0396. The van der Waals surface area contributed by atoms with E-state index in [2.05, 4.69) is 55.4 Å². The Bertz CT molecular complexity index is 947. The monoisotopic (exact) mass is 927 g/mol. The van der Waals surface area contributed by atoms with E-state index in [0.717, 1.165) is 32.1 Å². The van der Waals surface area contributed by atoms with Crippen molar-refractivity contribution >= 4 is 0 Å². The van der Waals surface area contributed by atoms with Gasteiger partial charge < -0.3 is 0 Å². The van der Waals surface area contributed by atoms with E-state index in [9.17, 15) is 30.7 Å². The van der Waals surface area contributed by atoms with Crippen LogP contribution in [0.1, 0.15) is 286 Å². The van der Waals surface area contributed by atoms with Crippen LogP contribution < -0.4 is 0 Å². The van der Waals surface area contributed by atoms with Crippen molar-refractivity contribution in [3.05, 3.63) is 0 Å². The Morgan fingerprint density at radius 1 is 0.349 bits per heavy atom. The third-order valence-corrected chi connectivity index (χ3v) is 13.2. The Morgan fingerprint density at radius 3 is 0.603 bits per heavy atom. The van der Waals surface area contributed by atoms with E-state index in [0.29, 0.717) is 42.9 Å². The van der Waals surface area contributed by atoms with Crippen LogP contribution in [-0.2, 0) is 0 Å². The first kappa shape index (κ1) is 79.6. The van der Waals surface area contributed by atoms with E-state index in [4.69, 9.17) is 0 Å². The summed E-state index contributed by atoms with van der Waals surface area (Å²) < 4.78 is 90.0. The maximum Gasteiger partial charge on any atom is 0.111 e. The molecule has 0 heterocycles. The lowest BCUT2D eigenvalue weighted by atomic mass is 9.62. The molecular weight excluding hydrogens is 806 g/mol. The number of alkyl halides is 7. The average molecular weight is 928 g/mol. The maximum absolute atomic E-state index is 13.9. The predicted molar refractivity (Wildman–Crippen MR) is 277 cm³/mol. The van der Waals surface area contributed by atoms with Crippen molar-refractivity contribution in [2.24, 2.45) is 39.9 Å². The Labute approximate surface area is 395 Å². The molecule has 0 unspecified atom stereocenters. The summed E-state index contributed by atoms with van der Waals surface area (Å²) in [7, 11) is 0. The molecule has 0 aromatic rings. The van der Waals surface area contributed by atoms with Gasteiger partial charge in [-0.1, -0.05) is 158 Å². The molecule has 0 radical (unpaired) electrons. The van der Waals surface area contributed by atoms with Gasteiger partial charge in [-0.05, 0) is 158 Å². The summed E-state index contributed by atoms with van der Waals surface area (Å²) in [6.07, 6.45) is 7.18. The molecule has 0 aromatic carbocycles. The van der Waals surface area contributed by atoms with Gasteiger partial charge in [0.2, 0.25) is 0 Å². The van der Waals surface area contributed by atoms with Gasteiger partial charge in [0.15, 0.2) is 0 Å². The Hall–Kier alpha value is -0.490. The SMILES string of the molecule is CC(C)(C)C.CC(C)C(C)(C(C)C)C(C)(C)F.CC(C)C(C)(C)F.CCC(C)(C)F.CCC(C)(CC)C(C)(C)F.CCC(C)(F)CC.CCC(CC)C(C)(C)F.CCCC(C)(C)F. The summed E-state index contributed by atoms with van der Waals surface area (Å²) in [5.74, 6) is 1.11. The molecule has 0 N–H and O–H groups in total. The minimum Gasteiger partial charge on any atom is -0.245 e. The lowest BCUT2D eigenvalue weighted by Gasteiger charge is -2.45. The van der Waals surface area contributed by atoms with E-state index in [1.54, 1.807) is 90.0 Å². The topological polar surface area (TPSA) is 0 Å². The van der Waals surface area contributed by atoms with Gasteiger partial charge >= 0.3 is 0 Å². The van der Waals surface area contributed by atoms with Crippen LogP contribution in [0, 0.1) is 39.9 Å². The van der Waals surface area contributed by atoms with E-state index in [1.165, 1.54) is 0 Å². The predicted octanol–water partition coefficient (Wildman–Crippen LogP) is 22.4. The molecule has 0 aromatic heterocycles. The minimum atomic E-state index is -1.10. The fourth-order valence-corrected chi connectivity index (χ4v) is 5.23. The molecule has 63 heavy (non-hydrogen) atoms. The molecule has 7 heteroatoms. The van der Waals surface area contributed by atoms with Gasteiger partial charge in [0.25, 0.3) is 0 Å². The highest BCUT2D eigenvalue weighted by atomic mass is 19.2. The van der Waals surface area contributed by atoms with Crippen molar-refractivity contribution in [3.8, 4) is 0 Å². The van der Waals surface area contributed by atoms with Crippen molar-refractivity contribution in [2.45, 2.75) is 326 Å². The van der Waals surface area contributed by atoms with Crippen LogP contribution in [0.25, 0.3) is 0 Å². The Morgan fingerprint density at radius 2 is 0.603 bits per heavy atom. The quantitative estimate of drug-likeness (QED) is 0.144. The smallest absolute Gasteiger partial charge is 0.111 e. The molecule has 0 bridgehead atoms. The third kappa shape index (κ3) is 52.3. The van der Waals surface area contributed by atoms with E-state index >= 15 is 0 Å². The zero-order valence-electron chi connectivity index (χ0n) is 49.3. The van der Waals surface area contributed by atoms with Crippen LogP contribution in [0.2, 0.25) is 0 Å². The number of hydrogen-bond donors (Lipinski definition) is 0. The second-order valence-corrected chi connectivity index (χ2v) is 24.3. The van der Waals surface area contributed by atoms with Crippen LogP contribution in [0.3, 0.4) is 0 Å². The van der Waals surface area contributed by atoms with Gasteiger partial charge in [-0.3, -0.25) is 0 Å². The highest BCUT2D eigenvalue weighted by molar-refractivity contribution is 4.94. The summed E-state index contributed by atoms with van der Waals surface area (Å²) in [4.78, 5) is 0. The zero-order valence-corrected chi connectivity index (χ0v) is 49.3. The zero-order chi connectivity index (χ0) is 53.7. The Balaban J connectivity index is -0.0000000927. The largest absolute Gasteiger partial charge is 0.245 e. The van der Waals surface area contributed by atoms with Crippen molar-refractivity contribution in [1.82, 2.24) is 0 Å². The van der Waals surface area contributed by atoms with E-state index in [-0.39, 0.29) is 22.7 Å². The fraction of sp³-hybridized carbons (Fsp3) is 1.00. The third-order valence-electron chi connectivity index (χ3n) is 13.2. The molecule has 0 fully saturated rings. The van der Waals surface area contributed by atoms with Crippen molar-refractivity contribution in [2.75, 3.05) is 0 Å². The standard InChI is InChI=1S/C11H23F.C9H19F.C8H17F.3C6H13F.C5H11F.C5H12/c1-8(2)11(7,9(3)4)10(5,6)12;1-6-9(5,7-2)8(3,4)10;1-5-7(6-2)8(3,4)9;1-5(2)6(3,4)7;1-4-5-6(2,3)7;1-4-6(3,7)5-2;1-4-5(2,3)6;1-5(2,3)4/h8-9H,1-7H3;6-7H2,1-5H3;7H,5-6H2,1-4H3;5H,1-4H3;2*4-5H2,1-3H3;4H2,1-3H3;1-4H3. The molecule has 0 rings (SSSR count). The molecule has 0 aliphatic carbocycles. The second-order valence-electron chi connectivity index (χ2n) is 24.3. The van der Waals surface area contributed by atoms with Crippen LogP contribution in [0.4, 0.5) is 30.7 Å². The molecule has 0 aliphatic heterocycles. The summed E-state index contributed by atoms with van der Waals surface area (Å²) in [6.45, 7) is 61.9. The molecule has 0 saturated carbocycles. The van der Waals surface area contributed by atoms with Crippen LogP contribution in [0.15, 0.2) is 0 Å². The van der Waals surface area contributed by atoms with Gasteiger partial charge in [-0.2, -0.15) is 0 Å². The number of hydrogen-bond acceptors (Lipinski definition) is 0. The first-order chi connectivity index (χ1) is 27.2. The van der Waals surface area contributed by atoms with Gasteiger partial charge in [0, 0.05) is 10.8 Å². The molecule has 0 saturated heterocycles. The summed E-state index contributed by atoms with van der Waals surface area (Å²) in [5, 5.41) is 0. The van der Waals surface area contributed by atoms with Gasteiger partial charge in [0.05, 0.1) is 0 Å². The number of rotatable bonds is 15. The molecule has 0 amide bonds. The highest BCUT2D eigenvalue weighted by Gasteiger charge is 2.46. The first-order valence-corrected chi connectivity index (χ1v) is 25.0. The Kier molecular flexibility index (Phi) is 43.9. The van der Waals surface area contributed by atoms with Crippen LogP contribution in [0.5, 0.6) is 0 Å². The minimum absolute atomic E-state index is 0.132. The van der Waals surface area contributed by atoms with Crippen LogP contribution >= 0.6 is 0 Å². The highest BCUT2D eigenvalue weighted by Crippen LogP contribution is 2.47. The molecule has 0 aliphatic rings. The maximum atomic E-state index is 13.9. The lowest BCUT2D eigenvalue weighted by Crippen LogP contribution is -2.45. The molecule has 0 atom stereocenters. The first-order valence-electron chi connectivity index (χ1n) is 25.0. The van der Waals surface area contributed by atoms with Crippen molar-refractivity contribution in [3.63, 3.8) is 0 Å². The summed E-state index contributed by atoms with van der Waals surface area (Å²) in [5.41, 5.74) is -6.83. The van der Waals surface area contributed by atoms with Gasteiger partial charge in [0.1, 0.15) is 39.7 Å². The van der Waals surface area contributed by atoms with Crippen molar-refractivity contribution < 1.29 is 30.7 Å². The van der Waals surface area contributed by atoms with Gasteiger partial charge in [-0.25, -0.2) is 30.7 Å². The normalized spacial score (nSPS) is 13.0. The van der Waals surface area contributed by atoms with Gasteiger partial charge in [-0.15, -0.1) is 0 Å². The summed E-state index contributed by atoms with van der Waals surface area (Å²) in [6, 6.07) is 0. The fourth-order valence-electron chi connectivity index (χ4n) is 5.23. The molecule has 394 valence electrons.